The number of carbonyl (C=O) groups is 1. The molecule has 0 spiro atoms. The number of rotatable bonds is 5. The lowest BCUT2D eigenvalue weighted by molar-refractivity contribution is 0.0928. The fourth-order valence-corrected chi connectivity index (χ4v) is 3.13. The van der Waals surface area contributed by atoms with Crippen molar-refractivity contribution in [3.8, 4) is 0 Å². The second-order valence-electron chi connectivity index (χ2n) is 6.59. The predicted octanol–water partition coefficient (Wildman–Crippen LogP) is 3.24. The van der Waals surface area contributed by atoms with Crippen LogP contribution < -0.4 is 10.6 Å². The van der Waals surface area contributed by atoms with E-state index >= 15 is 0 Å². The third kappa shape index (κ3) is 5.24. The van der Waals surface area contributed by atoms with Crippen LogP contribution in [0.4, 0.5) is 5.95 Å². The molecule has 0 bridgehead atoms. The first-order valence-electron chi connectivity index (χ1n) is 9.00. The Kier molecular flexibility index (Phi) is 5.93. The van der Waals surface area contributed by atoms with Crippen LogP contribution in [0.15, 0.2) is 30.6 Å². The molecule has 0 aromatic carbocycles. The van der Waals surface area contributed by atoms with Crippen LogP contribution in [0.5, 0.6) is 0 Å². The first kappa shape index (κ1) is 17.3. The van der Waals surface area contributed by atoms with Crippen LogP contribution in [-0.4, -0.2) is 26.9 Å². The van der Waals surface area contributed by atoms with Crippen molar-refractivity contribution >= 4 is 11.9 Å². The first-order chi connectivity index (χ1) is 12.2. The Labute approximate surface area is 148 Å². The van der Waals surface area contributed by atoms with Gasteiger partial charge in [0.15, 0.2) is 0 Å². The number of carbonyl (C=O) groups excluding carboxylic acids is 1. The lowest BCUT2D eigenvalue weighted by Gasteiger charge is -2.16. The molecule has 1 aliphatic rings. The van der Waals surface area contributed by atoms with Crippen molar-refractivity contribution in [1.82, 2.24) is 20.3 Å². The van der Waals surface area contributed by atoms with Crippen LogP contribution in [-0.2, 0) is 6.54 Å². The SMILES string of the molecule is Cc1cc(C(=O)NC2CCCCCC2)nc(NCc2cccnc2)n1. The van der Waals surface area contributed by atoms with Gasteiger partial charge >= 0.3 is 0 Å². The van der Waals surface area contributed by atoms with Gasteiger partial charge in [0, 0.05) is 30.7 Å². The third-order valence-electron chi connectivity index (χ3n) is 4.45. The van der Waals surface area contributed by atoms with Crippen LogP contribution in [0, 0.1) is 6.92 Å². The summed E-state index contributed by atoms with van der Waals surface area (Å²) in [6, 6.07) is 5.87. The second-order valence-corrected chi connectivity index (χ2v) is 6.59. The van der Waals surface area contributed by atoms with Gasteiger partial charge in [0.05, 0.1) is 0 Å². The average Bonchev–Trinajstić information content (AvgIpc) is 2.89. The zero-order valence-electron chi connectivity index (χ0n) is 14.7. The number of aryl methyl sites for hydroxylation is 1. The van der Waals surface area contributed by atoms with E-state index in [1.807, 2.05) is 19.1 Å². The molecule has 1 amide bonds. The summed E-state index contributed by atoms with van der Waals surface area (Å²) < 4.78 is 0. The van der Waals surface area contributed by atoms with E-state index in [1.54, 1.807) is 18.5 Å². The number of hydrogen-bond donors (Lipinski definition) is 2. The van der Waals surface area contributed by atoms with Gasteiger partial charge in [-0.2, -0.15) is 0 Å². The van der Waals surface area contributed by atoms with E-state index in [2.05, 4.69) is 25.6 Å². The molecule has 1 fully saturated rings. The topological polar surface area (TPSA) is 79.8 Å². The van der Waals surface area contributed by atoms with Crippen LogP contribution in [0.25, 0.3) is 0 Å². The molecule has 3 rings (SSSR count). The molecule has 0 radical (unpaired) electrons. The molecule has 2 heterocycles. The molecule has 1 aliphatic carbocycles. The van der Waals surface area contributed by atoms with Crippen molar-refractivity contribution in [2.24, 2.45) is 0 Å². The van der Waals surface area contributed by atoms with Crippen LogP contribution >= 0.6 is 0 Å². The Bertz CT molecular complexity index is 696. The zero-order chi connectivity index (χ0) is 17.5. The average molecular weight is 339 g/mol. The fraction of sp³-hybridized carbons (Fsp3) is 0.474. The highest BCUT2D eigenvalue weighted by atomic mass is 16.1. The summed E-state index contributed by atoms with van der Waals surface area (Å²) in [5.41, 5.74) is 2.23. The second kappa shape index (κ2) is 8.55. The van der Waals surface area contributed by atoms with Gasteiger partial charge in [0.1, 0.15) is 5.69 Å². The van der Waals surface area contributed by atoms with Gasteiger partial charge in [-0.1, -0.05) is 31.7 Å². The first-order valence-corrected chi connectivity index (χ1v) is 9.00. The van der Waals surface area contributed by atoms with Gasteiger partial charge in [0.2, 0.25) is 5.95 Å². The molecule has 0 atom stereocenters. The number of nitrogens with one attached hydrogen (secondary N) is 2. The van der Waals surface area contributed by atoms with E-state index in [0.29, 0.717) is 18.2 Å². The van der Waals surface area contributed by atoms with Crippen molar-refractivity contribution < 1.29 is 4.79 Å². The smallest absolute Gasteiger partial charge is 0.270 e. The number of amides is 1. The standard InChI is InChI=1S/C19H25N5O/c1-14-11-17(18(25)23-16-8-4-2-3-5-9-16)24-19(22-14)21-13-15-7-6-10-20-12-15/h6-7,10-12,16H,2-5,8-9,13H2,1H3,(H,23,25)(H,21,22,24). The van der Waals surface area contributed by atoms with E-state index in [-0.39, 0.29) is 11.9 Å². The fourth-order valence-electron chi connectivity index (χ4n) is 3.13. The Morgan fingerprint density at radius 3 is 2.72 bits per heavy atom. The molecule has 2 aromatic heterocycles. The van der Waals surface area contributed by atoms with E-state index in [0.717, 1.165) is 24.1 Å². The van der Waals surface area contributed by atoms with Crippen molar-refractivity contribution in [1.29, 1.82) is 0 Å². The highest BCUT2D eigenvalue weighted by Gasteiger charge is 2.17. The van der Waals surface area contributed by atoms with Gasteiger partial charge in [-0.25, -0.2) is 9.97 Å². The van der Waals surface area contributed by atoms with Crippen molar-refractivity contribution in [3.05, 3.63) is 47.5 Å². The molecule has 2 N–H and O–H groups in total. The molecule has 0 unspecified atom stereocenters. The number of aromatic nitrogens is 3. The summed E-state index contributed by atoms with van der Waals surface area (Å²) >= 11 is 0. The van der Waals surface area contributed by atoms with Crippen molar-refractivity contribution in [2.75, 3.05) is 5.32 Å². The summed E-state index contributed by atoms with van der Waals surface area (Å²) in [5, 5.41) is 6.30. The lowest BCUT2D eigenvalue weighted by atomic mass is 10.1. The van der Waals surface area contributed by atoms with Crippen LogP contribution in [0.1, 0.15) is 60.3 Å². The summed E-state index contributed by atoms with van der Waals surface area (Å²) in [4.78, 5) is 25.4. The molecular weight excluding hydrogens is 314 g/mol. The van der Waals surface area contributed by atoms with Crippen molar-refractivity contribution in [3.63, 3.8) is 0 Å². The van der Waals surface area contributed by atoms with E-state index in [9.17, 15) is 4.79 Å². The number of anilines is 1. The molecular formula is C19H25N5O. The minimum atomic E-state index is -0.109. The summed E-state index contributed by atoms with van der Waals surface area (Å²) in [7, 11) is 0. The van der Waals surface area contributed by atoms with Crippen LogP contribution in [0.3, 0.4) is 0 Å². The molecule has 0 aliphatic heterocycles. The highest BCUT2D eigenvalue weighted by Crippen LogP contribution is 2.17. The molecule has 2 aromatic rings. The Morgan fingerprint density at radius 1 is 1.20 bits per heavy atom. The van der Waals surface area contributed by atoms with E-state index < -0.39 is 0 Å². The van der Waals surface area contributed by atoms with Crippen LogP contribution in [0.2, 0.25) is 0 Å². The van der Waals surface area contributed by atoms with Gasteiger partial charge in [-0.3, -0.25) is 9.78 Å². The Hall–Kier alpha value is -2.50. The number of nitrogens with zero attached hydrogens (tertiary/aromatic N) is 3. The quantitative estimate of drug-likeness (QED) is 0.818. The molecule has 25 heavy (non-hydrogen) atoms. The molecule has 6 nitrogen and oxygen atoms in total. The molecule has 0 saturated heterocycles. The van der Waals surface area contributed by atoms with E-state index in [1.165, 1.54) is 25.7 Å². The van der Waals surface area contributed by atoms with E-state index in [4.69, 9.17) is 0 Å². The minimum Gasteiger partial charge on any atom is -0.350 e. The molecule has 132 valence electrons. The largest absolute Gasteiger partial charge is 0.350 e. The summed E-state index contributed by atoms with van der Waals surface area (Å²) in [6.07, 6.45) is 10.6. The molecule has 1 saturated carbocycles. The lowest BCUT2D eigenvalue weighted by Crippen LogP contribution is -2.35. The maximum Gasteiger partial charge on any atom is 0.270 e. The zero-order valence-corrected chi connectivity index (χ0v) is 14.7. The maximum atomic E-state index is 12.6. The number of pyridine rings is 1. The van der Waals surface area contributed by atoms with Gasteiger partial charge in [0.25, 0.3) is 5.91 Å². The summed E-state index contributed by atoms with van der Waals surface area (Å²) in [5.74, 6) is 0.358. The Balaban J connectivity index is 1.64. The van der Waals surface area contributed by atoms with Gasteiger partial charge in [-0.15, -0.1) is 0 Å². The highest BCUT2D eigenvalue weighted by molar-refractivity contribution is 5.92. The summed E-state index contributed by atoms with van der Waals surface area (Å²) in [6.45, 7) is 2.44. The molecule has 6 heteroatoms. The normalized spacial score (nSPS) is 15.4. The maximum absolute atomic E-state index is 12.6. The minimum absolute atomic E-state index is 0.109. The predicted molar refractivity (Wildman–Crippen MR) is 97.3 cm³/mol. The number of hydrogen-bond acceptors (Lipinski definition) is 5. The monoisotopic (exact) mass is 339 g/mol. The van der Waals surface area contributed by atoms with Gasteiger partial charge in [-0.05, 0) is 37.5 Å². The third-order valence-corrected chi connectivity index (χ3v) is 4.45. The Morgan fingerprint density at radius 2 is 2.00 bits per heavy atom. The van der Waals surface area contributed by atoms with Gasteiger partial charge < -0.3 is 10.6 Å². The van der Waals surface area contributed by atoms with Crippen molar-refractivity contribution in [2.45, 2.75) is 58.0 Å².